The van der Waals surface area contributed by atoms with Crippen LogP contribution in [0.1, 0.15) is 18.4 Å². The van der Waals surface area contributed by atoms with Gasteiger partial charge in [0.2, 0.25) is 0 Å². The van der Waals surface area contributed by atoms with E-state index in [0.29, 0.717) is 5.69 Å². The fourth-order valence-corrected chi connectivity index (χ4v) is 4.46. The third kappa shape index (κ3) is 3.12. The molecule has 1 saturated heterocycles. The molecule has 134 valence electrons. The van der Waals surface area contributed by atoms with Crippen molar-refractivity contribution in [1.29, 1.82) is 0 Å². The average molecular weight is 367 g/mol. The van der Waals surface area contributed by atoms with Crippen LogP contribution in [0.25, 0.3) is 10.9 Å². The van der Waals surface area contributed by atoms with Gasteiger partial charge in [0.05, 0.1) is 21.8 Å². The lowest BCUT2D eigenvalue weighted by Crippen LogP contribution is -2.19. The maximum atomic E-state index is 12.8. The second kappa shape index (κ2) is 6.61. The van der Waals surface area contributed by atoms with Gasteiger partial charge in [-0.2, -0.15) is 0 Å². The molecule has 0 unspecified atom stereocenters. The van der Waals surface area contributed by atoms with Crippen LogP contribution < -0.4 is 9.62 Å². The van der Waals surface area contributed by atoms with Gasteiger partial charge in [-0.3, -0.25) is 9.71 Å². The van der Waals surface area contributed by atoms with Gasteiger partial charge in [0.1, 0.15) is 0 Å². The minimum atomic E-state index is -3.64. The summed E-state index contributed by atoms with van der Waals surface area (Å²) in [4.78, 5) is 7.09. The predicted molar refractivity (Wildman–Crippen MR) is 105 cm³/mol. The Balaban J connectivity index is 1.75. The molecule has 3 aromatic rings. The van der Waals surface area contributed by atoms with Crippen LogP contribution >= 0.6 is 0 Å². The van der Waals surface area contributed by atoms with Crippen LogP contribution in [0.3, 0.4) is 0 Å². The van der Waals surface area contributed by atoms with E-state index in [0.717, 1.165) is 35.2 Å². The molecule has 0 radical (unpaired) electrons. The number of rotatable bonds is 4. The smallest absolute Gasteiger partial charge is 0.261 e. The van der Waals surface area contributed by atoms with Gasteiger partial charge in [0.15, 0.2) is 0 Å². The highest BCUT2D eigenvalue weighted by Crippen LogP contribution is 2.33. The summed E-state index contributed by atoms with van der Waals surface area (Å²) >= 11 is 0. The van der Waals surface area contributed by atoms with Crippen molar-refractivity contribution in [3.8, 4) is 0 Å². The van der Waals surface area contributed by atoms with Gasteiger partial charge in [0, 0.05) is 24.7 Å². The molecule has 1 N–H and O–H groups in total. The van der Waals surface area contributed by atoms with E-state index in [4.69, 9.17) is 0 Å². The third-order valence-electron chi connectivity index (χ3n) is 4.77. The molecular formula is C20H21N3O2S. The van der Waals surface area contributed by atoms with Gasteiger partial charge in [0.25, 0.3) is 10.0 Å². The Hall–Kier alpha value is -2.60. The zero-order valence-corrected chi connectivity index (χ0v) is 15.5. The topological polar surface area (TPSA) is 62.3 Å². The molecule has 1 aromatic heterocycles. The van der Waals surface area contributed by atoms with Crippen LogP contribution in [-0.2, 0) is 10.0 Å². The summed E-state index contributed by atoms with van der Waals surface area (Å²) < 4.78 is 28.2. The largest absolute Gasteiger partial charge is 0.370 e. The summed E-state index contributed by atoms with van der Waals surface area (Å²) in [6.45, 7) is 3.96. The lowest BCUT2D eigenvalue weighted by molar-refractivity contribution is 0.601. The molecule has 2 aromatic carbocycles. The van der Waals surface area contributed by atoms with Crippen LogP contribution in [-0.4, -0.2) is 26.5 Å². The lowest BCUT2D eigenvalue weighted by Gasteiger charge is -2.20. The van der Waals surface area contributed by atoms with Gasteiger partial charge in [-0.05, 0) is 56.2 Å². The highest BCUT2D eigenvalue weighted by molar-refractivity contribution is 7.92. The summed E-state index contributed by atoms with van der Waals surface area (Å²) in [6.07, 6.45) is 4.10. The number of anilines is 2. The van der Waals surface area contributed by atoms with Gasteiger partial charge in [-0.15, -0.1) is 0 Å². The van der Waals surface area contributed by atoms with Gasteiger partial charge in [-0.1, -0.05) is 17.7 Å². The van der Waals surface area contributed by atoms with E-state index in [-0.39, 0.29) is 4.90 Å². The highest BCUT2D eigenvalue weighted by Gasteiger charge is 2.19. The van der Waals surface area contributed by atoms with E-state index < -0.39 is 10.0 Å². The second-order valence-electron chi connectivity index (χ2n) is 6.64. The first kappa shape index (κ1) is 16.8. The maximum absolute atomic E-state index is 12.8. The van der Waals surface area contributed by atoms with Crippen molar-refractivity contribution in [2.45, 2.75) is 24.7 Å². The molecule has 0 saturated carbocycles. The summed E-state index contributed by atoms with van der Waals surface area (Å²) in [6, 6.07) is 14.4. The molecule has 0 atom stereocenters. The Morgan fingerprint density at radius 1 is 1.00 bits per heavy atom. The maximum Gasteiger partial charge on any atom is 0.261 e. The van der Waals surface area contributed by atoms with E-state index in [9.17, 15) is 8.42 Å². The Morgan fingerprint density at radius 3 is 2.46 bits per heavy atom. The molecule has 1 aliphatic rings. The molecule has 4 rings (SSSR count). The number of hydrogen-bond donors (Lipinski definition) is 1. The van der Waals surface area contributed by atoms with E-state index in [1.807, 2.05) is 31.2 Å². The highest BCUT2D eigenvalue weighted by atomic mass is 32.2. The fourth-order valence-electron chi connectivity index (χ4n) is 3.38. The first-order valence-corrected chi connectivity index (χ1v) is 10.3. The Morgan fingerprint density at radius 2 is 1.73 bits per heavy atom. The molecule has 1 fully saturated rings. The second-order valence-corrected chi connectivity index (χ2v) is 8.33. The minimum Gasteiger partial charge on any atom is -0.370 e. The molecule has 6 heteroatoms. The first-order valence-electron chi connectivity index (χ1n) is 8.77. The average Bonchev–Trinajstić information content (AvgIpc) is 3.16. The molecule has 0 spiro atoms. The van der Waals surface area contributed by atoms with Crippen molar-refractivity contribution in [3.63, 3.8) is 0 Å². The van der Waals surface area contributed by atoms with E-state index in [2.05, 4.69) is 14.6 Å². The van der Waals surface area contributed by atoms with Crippen molar-refractivity contribution < 1.29 is 8.42 Å². The van der Waals surface area contributed by atoms with E-state index >= 15 is 0 Å². The van der Waals surface area contributed by atoms with Crippen LogP contribution in [0, 0.1) is 6.92 Å². The number of nitrogens with one attached hydrogen (secondary N) is 1. The SMILES string of the molecule is Cc1ccc(S(=O)(=O)Nc2ccc(N3CCCC3)c3ncccc23)cc1. The Labute approximate surface area is 153 Å². The van der Waals surface area contributed by atoms with Crippen molar-refractivity contribution in [2.75, 3.05) is 22.7 Å². The molecule has 0 bridgehead atoms. The summed E-state index contributed by atoms with van der Waals surface area (Å²) in [5.41, 5.74) is 3.47. The number of aromatic nitrogens is 1. The number of aryl methyl sites for hydroxylation is 1. The van der Waals surface area contributed by atoms with Crippen molar-refractivity contribution in [1.82, 2.24) is 4.98 Å². The molecule has 0 amide bonds. The fraction of sp³-hybridized carbons (Fsp3) is 0.250. The van der Waals surface area contributed by atoms with Crippen LogP contribution in [0.2, 0.25) is 0 Å². The quantitative estimate of drug-likeness (QED) is 0.759. The van der Waals surface area contributed by atoms with Crippen molar-refractivity contribution in [3.05, 3.63) is 60.3 Å². The van der Waals surface area contributed by atoms with Crippen LogP contribution in [0.15, 0.2) is 59.6 Å². The number of fused-ring (bicyclic) bond motifs is 1. The normalized spacial score (nSPS) is 14.7. The predicted octanol–water partition coefficient (Wildman–Crippen LogP) is 3.94. The zero-order valence-electron chi connectivity index (χ0n) is 14.6. The number of nitrogens with zero attached hydrogens (tertiary/aromatic N) is 2. The number of sulfonamides is 1. The Bertz CT molecular complexity index is 1040. The van der Waals surface area contributed by atoms with Crippen LogP contribution in [0.5, 0.6) is 0 Å². The monoisotopic (exact) mass is 367 g/mol. The third-order valence-corrected chi connectivity index (χ3v) is 6.15. The van der Waals surface area contributed by atoms with Crippen molar-refractivity contribution in [2.24, 2.45) is 0 Å². The Kier molecular flexibility index (Phi) is 4.28. The van der Waals surface area contributed by atoms with Crippen LogP contribution in [0.4, 0.5) is 11.4 Å². The summed E-state index contributed by atoms with van der Waals surface area (Å²) in [5.74, 6) is 0. The zero-order chi connectivity index (χ0) is 18.1. The van der Waals surface area contributed by atoms with E-state index in [1.54, 1.807) is 30.5 Å². The minimum absolute atomic E-state index is 0.253. The lowest BCUT2D eigenvalue weighted by atomic mass is 10.1. The molecule has 2 heterocycles. The number of pyridine rings is 1. The summed E-state index contributed by atoms with van der Waals surface area (Å²) in [7, 11) is -3.64. The molecule has 26 heavy (non-hydrogen) atoms. The van der Waals surface area contributed by atoms with Gasteiger partial charge >= 0.3 is 0 Å². The van der Waals surface area contributed by atoms with Crippen molar-refractivity contribution >= 4 is 32.3 Å². The number of benzene rings is 2. The standard InChI is InChI=1S/C20H21N3O2S/c1-15-6-8-16(9-7-15)26(24,25)22-18-10-11-19(23-13-2-3-14-23)20-17(18)5-4-12-21-20/h4-12,22H,2-3,13-14H2,1H3. The molecule has 5 nitrogen and oxygen atoms in total. The summed E-state index contributed by atoms with van der Waals surface area (Å²) in [5, 5.41) is 0.813. The van der Waals surface area contributed by atoms with Gasteiger partial charge < -0.3 is 4.90 Å². The van der Waals surface area contributed by atoms with E-state index in [1.165, 1.54) is 12.8 Å². The molecule has 1 aliphatic heterocycles. The molecule has 0 aliphatic carbocycles. The first-order chi connectivity index (χ1) is 12.5. The number of hydrogen-bond acceptors (Lipinski definition) is 4. The van der Waals surface area contributed by atoms with Gasteiger partial charge in [-0.25, -0.2) is 8.42 Å². The molecular weight excluding hydrogens is 346 g/mol.